The maximum absolute atomic E-state index is 13.0. The number of halogens is 3. The van der Waals surface area contributed by atoms with Crippen molar-refractivity contribution in [3.63, 3.8) is 0 Å². The number of rotatable bonds is 4. The zero-order valence-corrected chi connectivity index (χ0v) is 16.1. The van der Waals surface area contributed by atoms with Crippen molar-refractivity contribution in [2.75, 3.05) is 0 Å². The minimum atomic E-state index is -4.54. The molecule has 0 aliphatic rings. The Morgan fingerprint density at radius 2 is 1.87 bits per heavy atom. The highest BCUT2D eigenvalue weighted by atomic mass is 19.4. The fourth-order valence-electron chi connectivity index (χ4n) is 3.08. The number of aromatic nitrogens is 2. The predicted octanol–water partition coefficient (Wildman–Crippen LogP) is 4.66. The summed E-state index contributed by atoms with van der Waals surface area (Å²) in [6.45, 7) is 1.27. The number of carbonyl (C=O) groups excluding carboxylic acids is 1. The van der Waals surface area contributed by atoms with Gasteiger partial charge in [0.2, 0.25) is 11.1 Å². The molecule has 4 rings (SSSR count). The molecular weight excluding hydrogens is 413 g/mol. The number of hydrogen-bond acceptors (Lipinski definition) is 5. The van der Waals surface area contributed by atoms with Gasteiger partial charge in [-0.05, 0) is 37.3 Å². The van der Waals surface area contributed by atoms with Gasteiger partial charge >= 0.3 is 12.1 Å². The molecule has 31 heavy (non-hydrogen) atoms. The van der Waals surface area contributed by atoms with Gasteiger partial charge in [0.15, 0.2) is 0 Å². The number of nitrogens with zero attached hydrogens (tertiary/aromatic N) is 2. The van der Waals surface area contributed by atoms with E-state index in [2.05, 4.69) is 5.10 Å². The minimum absolute atomic E-state index is 0.0543. The monoisotopic (exact) mass is 428 g/mol. The molecule has 0 amide bonds. The topological polar surface area (TPSA) is 74.3 Å². The van der Waals surface area contributed by atoms with Crippen LogP contribution in [0, 0.1) is 6.92 Å². The molecule has 2 heterocycles. The van der Waals surface area contributed by atoms with Crippen molar-refractivity contribution < 1.29 is 27.1 Å². The fraction of sp³-hybridized carbons (Fsp3) is 0.136. The second-order valence-corrected chi connectivity index (χ2v) is 6.79. The maximum Gasteiger partial charge on any atom is 0.416 e. The molecule has 0 fully saturated rings. The van der Waals surface area contributed by atoms with Gasteiger partial charge in [0.25, 0.3) is 0 Å². The molecular formula is C22H15F3N2O4. The first kappa shape index (κ1) is 20.4. The molecule has 0 aliphatic heterocycles. The van der Waals surface area contributed by atoms with E-state index in [1.165, 1.54) is 19.1 Å². The number of furan rings is 1. The predicted molar refractivity (Wildman–Crippen MR) is 105 cm³/mol. The molecule has 0 bridgehead atoms. The Morgan fingerprint density at radius 3 is 2.61 bits per heavy atom. The van der Waals surface area contributed by atoms with Gasteiger partial charge in [-0.1, -0.05) is 24.3 Å². The molecule has 0 unspecified atom stereocenters. The molecule has 0 saturated carbocycles. The number of hydrogen-bond donors (Lipinski definition) is 0. The molecule has 2 aromatic heterocycles. The van der Waals surface area contributed by atoms with Crippen LogP contribution < -0.4 is 5.43 Å². The zero-order valence-electron chi connectivity index (χ0n) is 16.1. The van der Waals surface area contributed by atoms with E-state index in [1.807, 2.05) is 12.1 Å². The fourth-order valence-corrected chi connectivity index (χ4v) is 3.08. The number of alkyl halides is 3. The van der Waals surface area contributed by atoms with Gasteiger partial charge in [-0.25, -0.2) is 9.48 Å². The lowest BCUT2D eigenvalue weighted by atomic mass is 10.2. The molecule has 6 nitrogen and oxygen atoms in total. The molecule has 0 spiro atoms. The minimum Gasteiger partial charge on any atom is -0.457 e. The summed E-state index contributed by atoms with van der Waals surface area (Å²) < 4.78 is 50.9. The highest BCUT2D eigenvalue weighted by Gasteiger charge is 2.30. The maximum atomic E-state index is 13.0. The van der Waals surface area contributed by atoms with Crippen molar-refractivity contribution in [3.05, 3.63) is 93.6 Å². The number of benzene rings is 2. The van der Waals surface area contributed by atoms with Gasteiger partial charge in [-0.3, -0.25) is 4.79 Å². The smallest absolute Gasteiger partial charge is 0.416 e. The van der Waals surface area contributed by atoms with Gasteiger partial charge in [0.05, 0.1) is 11.3 Å². The summed E-state index contributed by atoms with van der Waals surface area (Å²) in [6, 6.07) is 14.5. The Balaban J connectivity index is 1.61. The summed E-state index contributed by atoms with van der Waals surface area (Å²) in [7, 11) is 0. The molecule has 0 saturated heterocycles. The first-order valence-corrected chi connectivity index (χ1v) is 9.15. The van der Waals surface area contributed by atoms with Gasteiger partial charge < -0.3 is 9.15 Å². The molecule has 0 aliphatic carbocycles. The summed E-state index contributed by atoms with van der Waals surface area (Å²) in [4.78, 5) is 24.7. The Labute approximate surface area is 173 Å². The highest BCUT2D eigenvalue weighted by molar-refractivity contribution is 5.87. The van der Waals surface area contributed by atoms with Crippen LogP contribution in [-0.4, -0.2) is 15.7 Å². The number of ether oxygens (including phenoxy) is 1. The number of aryl methyl sites for hydroxylation is 1. The van der Waals surface area contributed by atoms with Crippen molar-refractivity contribution in [2.24, 2.45) is 0 Å². The lowest BCUT2D eigenvalue weighted by molar-refractivity contribution is -0.137. The Morgan fingerprint density at radius 1 is 1.10 bits per heavy atom. The third-order valence-corrected chi connectivity index (χ3v) is 4.54. The number of para-hydroxylation sites is 1. The van der Waals surface area contributed by atoms with E-state index in [9.17, 15) is 22.8 Å². The third kappa shape index (κ3) is 4.20. The molecule has 0 atom stereocenters. The van der Waals surface area contributed by atoms with Crippen molar-refractivity contribution in [1.82, 2.24) is 9.78 Å². The van der Waals surface area contributed by atoms with E-state index in [0.29, 0.717) is 11.3 Å². The Hall–Kier alpha value is -3.88. The van der Waals surface area contributed by atoms with Gasteiger partial charge in [0.1, 0.15) is 18.0 Å². The van der Waals surface area contributed by atoms with Crippen LogP contribution in [0.4, 0.5) is 13.2 Å². The SMILES string of the molecule is Cc1cc(=O)c(C(=O)OCc2cc3ccccc3o2)nn1-c1cccc(C(F)(F)F)c1. The third-order valence-electron chi connectivity index (χ3n) is 4.54. The Bertz CT molecular complexity index is 1310. The van der Waals surface area contributed by atoms with Crippen molar-refractivity contribution in [3.8, 4) is 5.69 Å². The first-order valence-electron chi connectivity index (χ1n) is 9.15. The van der Waals surface area contributed by atoms with E-state index in [-0.39, 0.29) is 18.0 Å². The van der Waals surface area contributed by atoms with Gasteiger partial charge in [0, 0.05) is 17.1 Å². The normalized spacial score (nSPS) is 11.6. The standard InChI is InChI=1S/C22H15F3N2O4/c1-13-9-18(28)20(26-27(13)16-7-4-6-15(11-16)22(23,24)25)21(29)30-12-17-10-14-5-2-3-8-19(14)31-17/h2-11H,12H2,1H3. The summed E-state index contributed by atoms with van der Waals surface area (Å²) in [5.41, 5.74) is -1.18. The lowest BCUT2D eigenvalue weighted by Crippen LogP contribution is -2.24. The first-order chi connectivity index (χ1) is 14.7. The molecule has 2 aromatic carbocycles. The van der Waals surface area contributed by atoms with E-state index < -0.39 is 28.8 Å². The van der Waals surface area contributed by atoms with E-state index in [4.69, 9.17) is 9.15 Å². The number of fused-ring (bicyclic) bond motifs is 1. The highest BCUT2D eigenvalue weighted by Crippen LogP contribution is 2.30. The largest absolute Gasteiger partial charge is 0.457 e. The van der Waals surface area contributed by atoms with Crippen molar-refractivity contribution >= 4 is 16.9 Å². The zero-order chi connectivity index (χ0) is 22.2. The van der Waals surface area contributed by atoms with Crippen LogP contribution in [0.2, 0.25) is 0 Å². The van der Waals surface area contributed by atoms with Crippen LogP contribution in [0.15, 0.2) is 69.9 Å². The van der Waals surface area contributed by atoms with E-state index >= 15 is 0 Å². The van der Waals surface area contributed by atoms with E-state index in [0.717, 1.165) is 28.3 Å². The molecule has 9 heteroatoms. The van der Waals surface area contributed by atoms with Crippen molar-refractivity contribution in [1.29, 1.82) is 0 Å². The van der Waals surface area contributed by atoms with Crippen LogP contribution in [0.25, 0.3) is 16.7 Å². The summed E-state index contributed by atoms with van der Waals surface area (Å²) in [5.74, 6) is -0.633. The van der Waals surface area contributed by atoms with Gasteiger partial charge in [-0.2, -0.15) is 18.3 Å². The summed E-state index contributed by atoms with van der Waals surface area (Å²) in [6.07, 6.45) is -4.54. The average Bonchev–Trinajstić information content (AvgIpc) is 3.14. The molecule has 0 radical (unpaired) electrons. The van der Waals surface area contributed by atoms with Crippen LogP contribution in [0.1, 0.15) is 27.5 Å². The van der Waals surface area contributed by atoms with Crippen molar-refractivity contribution in [2.45, 2.75) is 19.7 Å². The van der Waals surface area contributed by atoms with Crippen LogP contribution in [-0.2, 0) is 17.5 Å². The second-order valence-electron chi connectivity index (χ2n) is 6.79. The quantitative estimate of drug-likeness (QED) is 0.442. The molecule has 0 N–H and O–H groups in total. The molecule has 158 valence electrons. The Kier molecular flexibility index (Phi) is 5.10. The number of esters is 1. The van der Waals surface area contributed by atoms with Gasteiger partial charge in [-0.15, -0.1) is 0 Å². The van der Waals surface area contributed by atoms with Crippen LogP contribution in [0.5, 0.6) is 0 Å². The lowest BCUT2D eigenvalue weighted by Gasteiger charge is -2.13. The van der Waals surface area contributed by atoms with Crippen LogP contribution in [0.3, 0.4) is 0 Å². The van der Waals surface area contributed by atoms with Crippen LogP contribution >= 0.6 is 0 Å². The van der Waals surface area contributed by atoms with E-state index in [1.54, 1.807) is 18.2 Å². The average molecular weight is 428 g/mol. The molecule has 4 aromatic rings. The summed E-state index contributed by atoms with van der Waals surface area (Å²) in [5, 5.41) is 4.78. The second kappa shape index (κ2) is 7.75. The summed E-state index contributed by atoms with van der Waals surface area (Å²) >= 11 is 0. The number of carbonyl (C=O) groups is 1.